The number of hydrogen-bond acceptors (Lipinski definition) is 5. The molecule has 184 valence electrons. The number of likely N-dealkylation sites (tertiary alicyclic amines) is 1. The van der Waals surface area contributed by atoms with E-state index in [4.69, 9.17) is 4.74 Å². The Bertz CT molecular complexity index is 1040. The fourth-order valence-corrected chi connectivity index (χ4v) is 4.57. The Morgan fingerprint density at radius 2 is 1.66 bits per heavy atom. The molecule has 2 heterocycles. The monoisotopic (exact) mass is 477 g/mol. The summed E-state index contributed by atoms with van der Waals surface area (Å²) >= 11 is 0. The summed E-state index contributed by atoms with van der Waals surface area (Å²) in [5.74, 6) is -1.98. The van der Waals surface area contributed by atoms with Crippen molar-refractivity contribution in [1.82, 2.24) is 15.5 Å². The molecule has 0 aliphatic carbocycles. The molecule has 2 aliphatic heterocycles. The van der Waals surface area contributed by atoms with Gasteiger partial charge in [0.15, 0.2) is 0 Å². The minimum absolute atomic E-state index is 0.0926. The van der Waals surface area contributed by atoms with E-state index in [-0.39, 0.29) is 31.4 Å². The lowest BCUT2D eigenvalue weighted by Gasteiger charge is -2.26. The van der Waals surface area contributed by atoms with Gasteiger partial charge in [-0.1, -0.05) is 60.7 Å². The van der Waals surface area contributed by atoms with Crippen LogP contribution in [-0.2, 0) is 36.9 Å². The van der Waals surface area contributed by atoms with Gasteiger partial charge in [0.05, 0.1) is 6.10 Å². The minimum atomic E-state index is -1.04. The highest BCUT2D eigenvalue weighted by Crippen LogP contribution is 2.22. The Kier molecular flexibility index (Phi) is 8.26. The third kappa shape index (κ3) is 6.54. The predicted octanol–water partition coefficient (Wildman–Crippen LogP) is 1.77. The fourth-order valence-electron chi connectivity index (χ4n) is 4.57. The first-order chi connectivity index (χ1) is 17.0. The molecule has 8 nitrogen and oxygen atoms in total. The van der Waals surface area contributed by atoms with Gasteiger partial charge in [-0.2, -0.15) is 0 Å². The Morgan fingerprint density at radius 3 is 2.31 bits per heavy atom. The lowest BCUT2D eigenvalue weighted by molar-refractivity contribution is -0.141. The average molecular weight is 478 g/mol. The van der Waals surface area contributed by atoms with Crippen LogP contribution in [0.4, 0.5) is 0 Å². The highest BCUT2D eigenvalue weighted by molar-refractivity contribution is 6.38. The van der Waals surface area contributed by atoms with Gasteiger partial charge in [0.2, 0.25) is 17.6 Å². The number of carbonyl (C=O) groups is 4. The zero-order valence-electron chi connectivity index (χ0n) is 19.7. The topological polar surface area (TPSA) is 105 Å². The van der Waals surface area contributed by atoms with Crippen molar-refractivity contribution >= 4 is 23.5 Å². The third-order valence-corrected chi connectivity index (χ3v) is 6.48. The van der Waals surface area contributed by atoms with E-state index in [9.17, 15) is 19.2 Å². The second-order valence-corrected chi connectivity index (χ2v) is 9.02. The molecule has 3 amide bonds. The van der Waals surface area contributed by atoms with Gasteiger partial charge in [-0.3, -0.25) is 19.2 Å². The second kappa shape index (κ2) is 11.8. The van der Waals surface area contributed by atoms with E-state index >= 15 is 0 Å². The van der Waals surface area contributed by atoms with Gasteiger partial charge >= 0.3 is 0 Å². The van der Waals surface area contributed by atoms with E-state index in [1.807, 2.05) is 60.7 Å². The van der Waals surface area contributed by atoms with Crippen LogP contribution in [0.2, 0.25) is 0 Å². The van der Waals surface area contributed by atoms with Crippen molar-refractivity contribution in [2.75, 3.05) is 13.2 Å². The summed E-state index contributed by atoms with van der Waals surface area (Å²) in [5, 5.41) is 5.43. The maximum atomic E-state index is 13.3. The van der Waals surface area contributed by atoms with E-state index in [2.05, 4.69) is 10.6 Å². The van der Waals surface area contributed by atoms with Gasteiger partial charge in [0.25, 0.3) is 5.91 Å². The maximum Gasteiger partial charge on any atom is 0.289 e. The molecule has 35 heavy (non-hydrogen) atoms. The van der Waals surface area contributed by atoms with Crippen molar-refractivity contribution in [1.29, 1.82) is 0 Å². The first-order valence-corrected chi connectivity index (χ1v) is 12.1. The van der Waals surface area contributed by atoms with E-state index in [0.29, 0.717) is 19.6 Å². The summed E-state index contributed by atoms with van der Waals surface area (Å²) in [6.07, 6.45) is 2.49. The molecule has 0 radical (unpaired) electrons. The first-order valence-electron chi connectivity index (χ1n) is 12.1. The highest BCUT2D eigenvalue weighted by Gasteiger charge is 2.38. The molecule has 2 N–H and O–H groups in total. The summed E-state index contributed by atoms with van der Waals surface area (Å²) in [6, 6.07) is 17.0. The van der Waals surface area contributed by atoms with E-state index in [1.54, 1.807) is 4.90 Å². The largest absolute Gasteiger partial charge is 0.376 e. The number of ketones is 1. The number of hydrogen-bond donors (Lipinski definition) is 2. The van der Waals surface area contributed by atoms with Crippen molar-refractivity contribution in [3.05, 3.63) is 71.8 Å². The van der Waals surface area contributed by atoms with Gasteiger partial charge < -0.3 is 20.3 Å². The molecular formula is C27H31N3O5. The van der Waals surface area contributed by atoms with Crippen molar-refractivity contribution in [3.63, 3.8) is 0 Å². The molecule has 2 saturated heterocycles. The van der Waals surface area contributed by atoms with Crippen LogP contribution in [0.1, 0.15) is 36.8 Å². The molecule has 4 rings (SSSR count). The summed E-state index contributed by atoms with van der Waals surface area (Å²) in [4.78, 5) is 53.1. The van der Waals surface area contributed by atoms with Crippen LogP contribution >= 0.6 is 0 Å². The number of nitrogens with zero attached hydrogens (tertiary/aromatic N) is 1. The number of ether oxygens (including phenoxy) is 1. The zero-order chi connectivity index (χ0) is 24.6. The molecule has 8 heteroatoms. The summed E-state index contributed by atoms with van der Waals surface area (Å²) in [7, 11) is 0. The van der Waals surface area contributed by atoms with Crippen LogP contribution in [0.5, 0.6) is 0 Å². The van der Waals surface area contributed by atoms with Crippen molar-refractivity contribution < 1.29 is 23.9 Å². The molecular weight excluding hydrogens is 446 g/mol. The quantitative estimate of drug-likeness (QED) is 0.508. The number of nitrogens with one attached hydrogen (secondary N) is 2. The average Bonchev–Trinajstić information content (AvgIpc) is 3.53. The van der Waals surface area contributed by atoms with E-state index in [1.165, 1.54) is 0 Å². The molecule has 0 bridgehead atoms. The molecule has 2 aromatic rings. The normalized spacial score (nSPS) is 20.5. The van der Waals surface area contributed by atoms with E-state index < -0.39 is 29.7 Å². The number of benzene rings is 2. The maximum absolute atomic E-state index is 13.3. The van der Waals surface area contributed by atoms with Crippen LogP contribution in [-0.4, -0.2) is 59.7 Å². The lowest BCUT2D eigenvalue weighted by Crippen LogP contribution is -2.54. The smallest absolute Gasteiger partial charge is 0.289 e. The summed E-state index contributed by atoms with van der Waals surface area (Å²) < 4.78 is 5.51. The van der Waals surface area contributed by atoms with E-state index in [0.717, 1.165) is 24.0 Å². The first kappa shape index (κ1) is 24.6. The minimum Gasteiger partial charge on any atom is -0.376 e. The molecule has 2 aliphatic rings. The van der Waals surface area contributed by atoms with Gasteiger partial charge in [-0.15, -0.1) is 0 Å². The summed E-state index contributed by atoms with van der Waals surface area (Å²) in [5.41, 5.74) is 1.74. The Morgan fingerprint density at radius 1 is 0.971 bits per heavy atom. The summed E-state index contributed by atoms with van der Waals surface area (Å²) in [6.45, 7) is 1.23. The number of amides is 3. The van der Waals surface area contributed by atoms with Gasteiger partial charge in [0.1, 0.15) is 12.1 Å². The van der Waals surface area contributed by atoms with Gasteiger partial charge in [0, 0.05) is 32.5 Å². The van der Waals surface area contributed by atoms with Crippen LogP contribution in [0, 0.1) is 0 Å². The molecule has 0 saturated carbocycles. The zero-order valence-corrected chi connectivity index (χ0v) is 19.7. The number of rotatable bonds is 10. The number of carbonyl (C=O) groups excluding carboxylic acids is 4. The van der Waals surface area contributed by atoms with Crippen molar-refractivity contribution in [2.24, 2.45) is 0 Å². The SMILES string of the molecule is O=C(NC[C@H]1CCCO1)C(=O)C(Cc1ccccc1)NC(=O)[C@@H]1CCC(=O)N1Cc1ccccc1. The van der Waals surface area contributed by atoms with Gasteiger partial charge in [-0.05, 0) is 30.4 Å². The molecule has 1 unspecified atom stereocenters. The molecule has 3 atom stereocenters. The Balaban J connectivity index is 1.45. The van der Waals surface area contributed by atoms with Crippen LogP contribution in [0.3, 0.4) is 0 Å². The third-order valence-electron chi connectivity index (χ3n) is 6.48. The lowest BCUT2D eigenvalue weighted by atomic mass is 10.0. The van der Waals surface area contributed by atoms with Crippen molar-refractivity contribution in [2.45, 2.75) is 56.8 Å². The standard InChI is InChI=1S/C27H31N3O5/c31-24-14-13-23(30(24)18-20-10-5-2-6-11-20)26(33)29-22(16-19-8-3-1-4-9-19)25(32)27(34)28-17-21-12-7-15-35-21/h1-6,8-11,21-23H,7,12-18H2,(H,28,34)(H,29,33)/t21-,22?,23+/m1/s1. The van der Waals surface area contributed by atoms with Crippen LogP contribution in [0.15, 0.2) is 60.7 Å². The Hall–Kier alpha value is -3.52. The number of Topliss-reactive ketones (excluding diaryl/α,β-unsaturated/α-hetero) is 1. The predicted molar refractivity (Wildman–Crippen MR) is 129 cm³/mol. The molecule has 2 fully saturated rings. The highest BCUT2D eigenvalue weighted by atomic mass is 16.5. The Labute approximate surface area is 205 Å². The van der Waals surface area contributed by atoms with Gasteiger partial charge in [-0.25, -0.2) is 0 Å². The van der Waals surface area contributed by atoms with Crippen molar-refractivity contribution in [3.8, 4) is 0 Å². The molecule has 0 aromatic heterocycles. The molecule has 0 spiro atoms. The molecule has 2 aromatic carbocycles. The second-order valence-electron chi connectivity index (χ2n) is 9.02. The van der Waals surface area contributed by atoms with Crippen LogP contribution < -0.4 is 10.6 Å². The fraction of sp³-hybridized carbons (Fsp3) is 0.407. The van der Waals surface area contributed by atoms with Crippen LogP contribution in [0.25, 0.3) is 0 Å².